The van der Waals surface area contributed by atoms with Gasteiger partial charge in [0, 0.05) is 17.5 Å². The normalized spacial score (nSPS) is 18.1. The lowest BCUT2D eigenvalue weighted by Crippen LogP contribution is -2.13. The molecular weight excluding hydrogens is 226 g/mol. The van der Waals surface area contributed by atoms with Crippen molar-refractivity contribution in [2.45, 2.75) is 46.0 Å². The molecule has 0 fully saturated rings. The molecule has 3 heteroatoms. The number of nitro benzene ring substituents is 1. The minimum Gasteiger partial charge on any atom is -0.258 e. The smallest absolute Gasteiger partial charge is 0.258 e. The Morgan fingerprint density at radius 1 is 1.33 bits per heavy atom. The summed E-state index contributed by atoms with van der Waals surface area (Å²) in [4.78, 5) is 10.8. The number of nitrogens with zero attached hydrogens (tertiary/aromatic N) is 1. The van der Waals surface area contributed by atoms with Gasteiger partial charge < -0.3 is 0 Å². The van der Waals surface area contributed by atoms with Gasteiger partial charge in [0.2, 0.25) is 0 Å². The second-order valence-corrected chi connectivity index (χ2v) is 5.23. The second kappa shape index (κ2) is 4.92. The number of hydrogen-bond donors (Lipinski definition) is 0. The molecule has 0 bridgehead atoms. The maximum Gasteiger partial charge on any atom is 0.272 e. The number of rotatable bonds is 2. The molecule has 1 aromatic carbocycles. The van der Waals surface area contributed by atoms with Crippen LogP contribution in [0.25, 0.3) is 0 Å². The Labute approximate surface area is 108 Å². The molecular formula is C15H19NO2. The molecule has 1 unspecified atom stereocenters. The Kier molecular flexibility index (Phi) is 3.50. The number of allylic oxidation sites excluding steroid dienone is 2. The SMILES string of the molecule is CC(C)=C(C)C1CCCc2c1cccc2[N+](=O)[O-]. The van der Waals surface area contributed by atoms with Crippen LogP contribution >= 0.6 is 0 Å². The lowest BCUT2D eigenvalue weighted by molar-refractivity contribution is -0.385. The van der Waals surface area contributed by atoms with Gasteiger partial charge in [0.15, 0.2) is 0 Å². The molecule has 0 radical (unpaired) electrons. The molecule has 0 amide bonds. The third-order valence-corrected chi connectivity index (χ3v) is 3.99. The van der Waals surface area contributed by atoms with E-state index in [9.17, 15) is 10.1 Å². The average Bonchev–Trinajstić information content (AvgIpc) is 2.36. The maximum absolute atomic E-state index is 11.1. The summed E-state index contributed by atoms with van der Waals surface area (Å²) in [7, 11) is 0. The van der Waals surface area contributed by atoms with E-state index in [1.54, 1.807) is 6.07 Å². The predicted molar refractivity (Wildman–Crippen MR) is 72.8 cm³/mol. The summed E-state index contributed by atoms with van der Waals surface area (Å²) in [6, 6.07) is 5.49. The van der Waals surface area contributed by atoms with Gasteiger partial charge >= 0.3 is 0 Å². The van der Waals surface area contributed by atoms with E-state index in [2.05, 4.69) is 26.8 Å². The molecule has 0 aromatic heterocycles. The summed E-state index contributed by atoms with van der Waals surface area (Å²) >= 11 is 0. The Balaban J connectivity index is 2.55. The summed E-state index contributed by atoms with van der Waals surface area (Å²) in [5.41, 5.74) is 5.07. The van der Waals surface area contributed by atoms with Crippen molar-refractivity contribution in [3.8, 4) is 0 Å². The van der Waals surface area contributed by atoms with E-state index in [0.717, 1.165) is 30.4 Å². The zero-order valence-corrected chi connectivity index (χ0v) is 11.2. The largest absolute Gasteiger partial charge is 0.272 e. The van der Waals surface area contributed by atoms with Crippen LogP contribution in [0.4, 0.5) is 5.69 Å². The molecule has 96 valence electrons. The van der Waals surface area contributed by atoms with Gasteiger partial charge in [0.25, 0.3) is 5.69 Å². The minimum absolute atomic E-state index is 0.251. The van der Waals surface area contributed by atoms with Crippen molar-refractivity contribution in [2.75, 3.05) is 0 Å². The van der Waals surface area contributed by atoms with Crippen LogP contribution in [0.5, 0.6) is 0 Å². The summed E-state index contributed by atoms with van der Waals surface area (Å²) in [5, 5.41) is 11.1. The summed E-state index contributed by atoms with van der Waals surface area (Å²) in [5.74, 6) is 0.360. The monoisotopic (exact) mass is 245 g/mol. The highest BCUT2D eigenvalue weighted by molar-refractivity contribution is 5.50. The van der Waals surface area contributed by atoms with Crippen LogP contribution in [-0.2, 0) is 6.42 Å². The van der Waals surface area contributed by atoms with Crippen molar-refractivity contribution < 1.29 is 4.92 Å². The molecule has 0 N–H and O–H groups in total. The molecule has 3 nitrogen and oxygen atoms in total. The fourth-order valence-corrected chi connectivity index (χ4v) is 2.80. The zero-order valence-electron chi connectivity index (χ0n) is 11.2. The molecule has 2 rings (SSSR count). The van der Waals surface area contributed by atoms with Crippen LogP contribution in [-0.4, -0.2) is 4.92 Å². The van der Waals surface area contributed by atoms with Gasteiger partial charge in [-0.1, -0.05) is 23.3 Å². The van der Waals surface area contributed by atoms with Gasteiger partial charge in [-0.2, -0.15) is 0 Å². The fraction of sp³-hybridized carbons (Fsp3) is 0.467. The molecule has 1 aliphatic rings. The topological polar surface area (TPSA) is 43.1 Å². The third kappa shape index (κ3) is 2.17. The third-order valence-electron chi connectivity index (χ3n) is 3.99. The standard InChI is InChI=1S/C15H19NO2/c1-10(2)11(3)12-6-4-8-14-13(12)7-5-9-15(14)16(17)18/h5,7,9,12H,4,6,8H2,1-3H3. The van der Waals surface area contributed by atoms with Crippen LogP contribution < -0.4 is 0 Å². The number of nitro groups is 1. The summed E-state index contributed by atoms with van der Waals surface area (Å²) in [6.07, 6.45) is 2.97. The molecule has 1 atom stereocenters. The Morgan fingerprint density at radius 2 is 2.06 bits per heavy atom. The number of hydrogen-bond acceptors (Lipinski definition) is 2. The van der Waals surface area contributed by atoms with Gasteiger partial charge in [-0.3, -0.25) is 10.1 Å². The van der Waals surface area contributed by atoms with Gasteiger partial charge in [-0.05, 0) is 45.6 Å². The number of benzene rings is 1. The van der Waals surface area contributed by atoms with Gasteiger partial charge in [-0.25, -0.2) is 0 Å². The molecule has 1 aliphatic carbocycles. The van der Waals surface area contributed by atoms with Gasteiger partial charge in [-0.15, -0.1) is 0 Å². The van der Waals surface area contributed by atoms with Crippen LogP contribution in [0.3, 0.4) is 0 Å². The Bertz CT molecular complexity index is 513. The van der Waals surface area contributed by atoms with E-state index in [0.29, 0.717) is 11.6 Å². The van der Waals surface area contributed by atoms with Gasteiger partial charge in [0.05, 0.1) is 4.92 Å². The quantitative estimate of drug-likeness (QED) is 0.441. The first-order valence-corrected chi connectivity index (χ1v) is 6.42. The zero-order chi connectivity index (χ0) is 13.3. The van der Waals surface area contributed by atoms with Crippen molar-refractivity contribution in [2.24, 2.45) is 0 Å². The maximum atomic E-state index is 11.1. The highest BCUT2D eigenvalue weighted by Gasteiger charge is 2.27. The molecule has 0 saturated carbocycles. The predicted octanol–water partition coefficient (Wildman–Crippen LogP) is 4.37. The molecule has 18 heavy (non-hydrogen) atoms. The molecule has 0 aliphatic heterocycles. The molecule has 0 spiro atoms. The van der Waals surface area contributed by atoms with Crippen LogP contribution in [0.15, 0.2) is 29.3 Å². The van der Waals surface area contributed by atoms with Crippen molar-refractivity contribution in [1.29, 1.82) is 0 Å². The Morgan fingerprint density at radius 3 is 2.67 bits per heavy atom. The highest BCUT2D eigenvalue weighted by atomic mass is 16.6. The van der Waals surface area contributed by atoms with E-state index in [4.69, 9.17) is 0 Å². The van der Waals surface area contributed by atoms with Crippen LogP contribution in [0.2, 0.25) is 0 Å². The van der Waals surface area contributed by atoms with E-state index < -0.39 is 0 Å². The van der Waals surface area contributed by atoms with E-state index in [1.807, 2.05) is 6.07 Å². The van der Waals surface area contributed by atoms with Crippen molar-refractivity contribution in [3.05, 3.63) is 50.6 Å². The summed E-state index contributed by atoms with van der Waals surface area (Å²) < 4.78 is 0. The number of fused-ring (bicyclic) bond motifs is 1. The lowest BCUT2D eigenvalue weighted by Gasteiger charge is -2.27. The molecule has 0 heterocycles. The molecule has 0 saturated heterocycles. The fourth-order valence-electron chi connectivity index (χ4n) is 2.80. The van der Waals surface area contributed by atoms with E-state index >= 15 is 0 Å². The van der Waals surface area contributed by atoms with Gasteiger partial charge in [0.1, 0.15) is 0 Å². The lowest BCUT2D eigenvalue weighted by atomic mass is 9.77. The van der Waals surface area contributed by atoms with E-state index in [-0.39, 0.29) is 4.92 Å². The van der Waals surface area contributed by atoms with Crippen molar-refractivity contribution >= 4 is 5.69 Å². The second-order valence-electron chi connectivity index (χ2n) is 5.23. The first-order chi connectivity index (χ1) is 8.52. The molecule has 1 aromatic rings. The first kappa shape index (κ1) is 12.8. The average molecular weight is 245 g/mol. The van der Waals surface area contributed by atoms with Crippen molar-refractivity contribution in [1.82, 2.24) is 0 Å². The highest BCUT2D eigenvalue weighted by Crippen LogP contribution is 2.40. The van der Waals surface area contributed by atoms with Crippen molar-refractivity contribution in [3.63, 3.8) is 0 Å². The Hall–Kier alpha value is -1.64. The summed E-state index contributed by atoms with van der Waals surface area (Å²) in [6.45, 7) is 6.37. The minimum atomic E-state index is -0.251. The van der Waals surface area contributed by atoms with Crippen LogP contribution in [0, 0.1) is 10.1 Å². The van der Waals surface area contributed by atoms with E-state index in [1.165, 1.54) is 11.1 Å². The van der Waals surface area contributed by atoms with Crippen LogP contribution in [0.1, 0.15) is 50.7 Å². The first-order valence-electron chi connectivity index (χ1n) is 6.42.